The van der Waals surface area contributed by atoms with Crippen molar-refractivity contribution >= 4 is 26.4 Å². The molecule has 246 valence electrons. The van der Waals surface area contributed by atoms with E-state index in [9.17, 15) is 0 Å². The van der Waals surface area contributed by atoms with Crippen molar-refractivity contribution in [2.45, 2.75) is 99.7 Å². The lowest BCUT2D eigenvalue weighted by Crippen LogP contribution is -2.46. The Morgan fingerprint density at radius 3 is 0.643 bits per heavy atom. The molecule has 0 atom stereocenters. The lowest BCUT2D eigenvalue weighted by Gasteiger charge is -2.29. The van der Waals surface area contributed by atoms with Crippen molar-refractivity contribution in [2.75, 3.05) is 59.5 Å². The van der Waals surface area contributed by atoms with Gasteiger partial charge in [0.15, 0.2) is 0 Å². The SMILES string of the molecule is CCO[Si](CCc1cc(CC[Si](OCC)(OCC)OCC)cc(CC[Si](OCC)(OCC)OCC)c1)(OCC)OCC. The van der Waals surface area contributed by atoms with Gasteiger partial charge in [0.25, 0.3) is 0 Å². The number of hydrogen-bond donors (Lipinski definition) is 0. The van der Waals surface area contributed by atoms with Crippen molar-refractivity contribution in [3.8, 4) is 0 Å². The standard InChI is InChI=1S/C30H60O9Si3/c1-10-31-40(32-11-2,33-12-3)22-19-28-25-29(20-23-41(34-13-4,35-14-5)36-15-6)27-30(26-28)21-24-42(37-16-7,38-17-8)39-18-9/h25-27H,10-24H2,1-9H3. The summed E-state index contributed by atoms with van der Waals surface area (Å²) in [6, 6.07) is 9.01. The van der Waals surface area contributed by atoms with Crippen LogP contribution in [0.2, 0.25) is 18.1 Å². The van der Waals surface area contributed by atoms with Crippen molar-refractivity contribution < 1.29 is 39.8 Å². The maximum atomic E-state index is 6.14. The fraction of sp³-hybridized carbons (Fsp3) is 0.800. The average Bonchev–Trinajstić information content (AvgIpc) is 2.95. The van der Waals surface area contributed by atoms with Gasteiger partial charge in [-0.3, -0.25) is 0 Å². The van der Waals surface area contributed by atoms with Crippen LogP contribution in [0.25, 0.3) is 0 Å². The lowest BCUT2D eigenvalue weighted by molar-refractivity contribution is 0.0707. The Kier molecular flexibility index (Phi) is 20.8. The number of hydrogen-bond acceptors (Lipinski definition) is 9. The molecule has 0 aliphatic rings. The van der Waals surface area contributed by atoms with Gasteiger partial charge in [0.1, 0.15) is 0 Å². The molecule has 0 aliphatic heterocycles. The number of rotatable bonds is 27. The third-order valence-corrected chi connectivity index (χ3v) is 15.7. The Morgan fingerprint density at radius 1 is 0.333 bits per heavy atom. The molecule has 0 saturated carbocycles. The molecule has 0 fully saturated rings. The van der Waals surface area contributed by atoms with Gasteiger partial charge in [-0.15, -0.1) is 0 Å². The summed E-state index contributed by atoms with van der Waals surface area (Å²) in [5.41, 5.74) is 3.68. The van der Waals surface area contributed by atoms with E-state index < -0.39 is 26.4 Å². The first-order chi connectivity index (χ1) is 20.3. The van der Waals surface area contributed by atoms with E-state index in [4.69, 9.17) is 39.8 Å². The van der Waals surface area contributed by atoms with Gasteiger partial charge in [0, 0.05) is 77.6 Å². The minimum Gasteiger partial charge on any atom is -0.374 e. The van der Waals surface area contributed by atoms with Gasteiger partial charge in [-0.2, -0.15) is 0 Å². The first-order valence-electron chi connectivity index (χ1n) is 16.2. The monoisotopic (exact) mass is 648 g/mol. The summed E-state index contributed by atoms with van der Waals surface area (Å²) in [6.07, 6.45) is 2.38. The van der Waals surface area contributed by atoms with Crippen molar-refractivity contribution in [1.29, 1.82) is 0 Å². The molecule has 0 spiro atoms. The van der Waals surface area contributed by atoms with E-state index >= 15 is 0 Å². The molecule has 0 N–H and O–H groups in total. The number of aryl methyl sites for hydroxylation is 3. The molecule has 12 heteroatoms. The summed E-state index contributed by atoms with van der Waals surface area (Å²) in [5.74, 6) is 0. The Bertz CT molecular complexity index is 663. The maximum absolute atomic E-state index is 6.14. The largest absolute Gasteiger partial charge is 0.501 e. The zero-order valence-electron chi connectivity index (χ0n) is 28.0. The molecule has 0 saturated heterocycles. The first-order valence-corrected chi connectivity index (χ1v) is 21.9. The molecule has 0 unspecified atom stereocenters. The van der Waals surface area contributed by atoms with Crippen LogP contribution in [0, 0.1) is 0 Å². The third-order valence-electron chi connectivity index (χ3n) is 6.55. The quantitative estimate of drug-likeness (QED) is 0.0999. The summed E-state index contributed by atoms with van der Waals surface area (Å²) in [5, 5.41) is 0. The second-order valence-corrected chi connectivity index (χ2v) is 17.8. The van der Waals surface area contributed by atoms with Crippen LogP contribution in [0.1, 0.15) is 79.0 Å². The second-order valence-electron chi connectivity index (χ2n) is 9.60. The van der Waals surface area contributed by atoms with Crippen molar-refractivity contribution in [3.05, 3.63) is 34.9 Å². The predicted octanol–water partition coefficient (Wildman–Crippen LogP) is 6.46. The molecule has 1 aromatic carbocycles. The highest BCUT2D eigenvalue weighted by Gasteiger charge is 2.42. The van der Waals surface area contributed by atoms with E-state index in [-0.39, 0.29) is 0 Å². The second kappa shape index (κ2) is 22.1. The van der Waals surface area contributed by atoms with Crippen LogP contribution in [0.4, 0.5) is 0 Å². The van der Waals surface area contributed by atoms with Gasteiger partial charge >= 0.3 is 26.4 Å². The van der Waals surface area contributed by atoms with Crippen LogP contribution in [-0.2, 0) is 59.1 Å². The Hall–Kier alpha value is -0.489. The van der Waals surface area contributed by atoms with Crippen LogP contribution in [-0.4, -0.2) is 85.9 Å². The van der Waals surface area contributed by atoms with Crippen molar-refractivity contribution in [1.82, 2.24) is 0 Å². The molecule has 1 rings (SSSR count). The van der Waals surface area contributed by atoms with Gasteiger partial charge in [-0.25, -0.2) is 0 Å². The van der Waals surface area contributed by atoms with Gasteiger partial charge in [0.2, 0.25) is 0 Å². The van der Waals surface area contributed by atoms with E-state index in [0.717, 1.165) is 37.4 Å². The molecule has 9 nitrogen and oxygen atoms in total. The molecule has 1 aromatic rings. The Morgan fingerprint density at radius 2 is 0.500 bits per heavy atom. The van der Waals surface area contributed by atoms with E-state index in [1.807, 2.05) is 62.3 Å². The summed E-state index contributed by atoms with van der Waals surface area (Å²) in [6.45, 7) is 23.0. The fourth-order valence-corrected chi connectivity index (χ4v) is 13.0. The van der Waals surface area contributed by atoms with E-state index in [1.165, 1.54) is 16.7 Å². The number of benzene rings is 1. The third kappa shape index (κ3) is 13.7. The fourth-order valence-electron chi connectivity index (χ4n) is 5.17. The topological polar surface area (TPSA) is 83.1 Å². The van der Waals surface area contributed by atoms with E-state index in [1.54, 1.807) is 0 Å². The molecule has 0 bridgehead atoms. The molecule has 42 heavy (non-hydrogen) atoms. The van der Waals surface area contributed by atoms with Crippen LogP contribution < -0.4 is 0 Å². The first kappa shape index (κ1) is 39.5. The van der Waals surface area contributed by atoms with Gasteiger partial charge in [0.05, 0.1) is 0 Å². The Labute approximate surface area is 259 Å². The molecule has 0 aliphatic carbocycles. The van der Waals surface area contributed by atoms with Crippen molar-refractivity contribution in [2.24, 2.45) is 0 Å². The highest BCUT2D eigenvalue weighted by atomic mass is 28.4. The zero-order chi connectivity index (χ0) is 31.3. The maximum Gasteiger partial charge on any atom is 0.501 e. The Balaban J connectivity index is 3.38. The highest BCUT2D eigenvalue weighted by Crippen LogP contribution is 2.26. The van der Waals surface area contributed by atoms with Crippen LogP contribution in [0.5, 0.6) is 0 Å². The molecular formula is C30H60O9Si3. The summed E-state index contributed by atoms with van der Waals surface area (Å²) in [7, 11) is -8.34. The minimum atomic E-state index is -2.78. The predicted molar refractivity (Wildman–Crippen MR) is 174 cm³/mol. The molecule has 0 heterocycles. The van der Waals surface area contributed by atoms with Crippen LogP contribution in [0.3, 0.4) is 0 Å². The zero-order valence-corrected chi connectivity index (χ0v) is 31.0. The van der Waals surface area contributed by atoms with Crippen LogP contribution >= 0.6 is 0 Å². The van der Waals surface area contributed by atoms with Gasteiger partial charge < -0.3 is 39.8 Å². The summed E-state index contributed by atoms with van der Waals surface area (Å²) in [4.78, 5) is 0. The van der Waals surface area contributed by atoms with E-state index in [0.29, 0.717) is 59.5 Å². The minimum absolute atomic E-state index is 0.565. The molecular weight excluding hydrogens is 589 g/mol. The summed E-state index contributed by atoms with van der Waals surface area (Å²) >= 11 is 0. The average molecular weight is 649 g/mol. The van der Waals surface area contributed by atoms with Gasteiger partial charge in [-0.05, 0) is 98.3 Å². The normalized spacial score (nSPS) is 12.8. The highest BCUT2D eigenvalue weighted by molar-refractivity contribution is 6.61. The van der Waals surface area contributed by atoms with Crippen molar-refractivity contribution in [3.63, 3.8) is 0 Å². The van der Waals surface area contributed by atoms with Gasteiger partial charge in [-0.1, -0.05) is 18.2 Å². The molecule has 0 amide bonds. The van der Waals surface area contributed by atoms with Crippen LogP contribution in [0.15, 0.2) is 18.2 Å². The summed E-state index contributed by atoms with van der Waals surface area (Å²) < 4.78 is 55.3. The molecule has 0 aromatic heterocycles. The smallest absolute Gasteiger partial charge is 0.374 e. The van der Waals surface area contributed by atoms with E-state index in [2.05, 4.69) is 18.2 Å². The lowest BCUT2D eigenvalue weighted by atomic mass is 10.0. The molecule has 0 radical (unpaired) electrons.